The van der Waals surface area contributed by atoms with Gasteiger partial charge in [0.2, 0.25) is 0 Å². The molecule has 0 aliphatic heterocycles. The first-order valence-electron chi connectivity index (χ1n) is 6.69. The molecule has 0 spiro atoms. The molecule has 3 heteroatoms. The summed E-state index contributed by atoms with van der Waals surface area (Å²) in [6.45, 7) is 0. The van der Waals surface area contributed by atoms with Gasteiger partial charge in [-0.15, -0.1) is 0 Å². The first-order valence-corrected chi connectivity index (χ1v) is 8.56. The fourth-order valence-corrected chi connectivity index (χ4v) is 3.57. The van der Waals surface area contributed by atoms with Gasteiger partial charge in [0.15, 0.2) is 0 Å². The van der Waals surface area contributed by atoms with E-state index in [1.165, 1.54) is 31.1 Å². The molecule has 0 bridgehead atoms. The molecule has 21 heavy (non-hydrogen) atoms. The lowest BCUT2D eigenvalue weighted by molar-refractivity contribution is 1.17. The Balaban J connectivity index is 2.17. The maximum atomic E-state index is 3.58. The lowest BCUT2D eigenvalue weighted by Gasteiger charge is -2.09. The van der Waals surface area contributed by atoms with Crippen LogP contribution in [0, 0.1) is 3.57 Å². The Morgan fingerprint density at radius 3 is 1.90 bits per heavy atom. The van der Waals surface area contributed by atoms with Crippen molar-refractivity contribution in [2.75, 3.05) is 0 Å². The molecule has 0 radical (unpaired) electrons. The smallest absolute Gasteiger partial charge is 0.0541 e. The van der Waals surface area contributed by atoms with Crippen LogP contribution < -0.4 is 0 Å². The molecule has 0 amide bonds. The van der Waals surface area contributed by atoms with Gasteiger partial charge in [-0.2, -0.15) is 0 Å². The first kappa shape index (κ1) is 13.3. The molecule has 0 aliphatic carbocycles. The number of hydrogen-bond acceptors (Lipinski definition) is 0. The van der Waals surface area contributed by atoms with E-state index in [9.17, 15) is 0 Å². The van der Waals surface area contributed by atoms with Crippen LogP contribution in [0.4, 0.5) is 0 Å². The molecule has 1 aromatic heterocycles. The number of para-hydroxylation sites is 2. The summed E-state index contributed by atoms with van der Waals surface area (Å²) in [5, 5.41) is 2.59. The van der Waals surface area contributed by atoms with Crippen LogP contribution in [0.1, 0.15) is 0 Å². The van der Waals surface area contributed by atoms with Crippen LogP contribution in [0.3, 0.4) is 0 Å². The zero-order valence-corrected chi connectivity index (χ0v) is 14.8. The summed E-state index contributed by atoms with van der Waals surface area (Å²) in [5.74, 6) is 0. The second kappa shape index (κ2) is 5.14. The van der Waals surface area contributed by atoms with Gasteiger partial charge < -0.3 is 4.57 Å². The molecule has 0 fully saturated rings. The number of rotatable bonds is 1. The first-order chi connectivity index (χ1) is 10.3. The van der Waals surface area contributed by atoms with Crippen LogP contribution in [0.2, 0.25) is 0 Å². The van der Waals surface area contributed by atoms with Crippen molar-refractivity contribution in [3.63, 3.8) is 0 Å². The van der Waals surface area contributed by atoms with Crippen LogP contribution in [-0.4, -0.2) is 4.57 Å². The Hall–Kier alpha value is -1.33. The fraction of sp³-hybridized carbons (Fsp3) is 0. The molecule has 0 aliphatic rings. The highest BCUT2D eigenvalue weighted by Gasteiger charge is 2.11. The van der Waals surface area contributed by atoms with Crippen molar-refractivity contribution in [1.29, 1.82) is 0 Å². The van der Waals surface area contributed by atoms with E-state index in [4.69, 9.17) is 0 Å². The van der Waals surface area contributed by atoms with E-state index in [1.54, 1.807) is 0 Å². The molecule has 102 valence electrons. The average Bonchev–Trinajstić information content (AvgIpc) is 2.85. The second-order valence-corrected chi connectivity index (χ2v) is 6.98. The van der Waals surface area contributed by atoms with Gasteiger partial charge in [0.1, 0.15) is 0 Å². The lowest BCUT2D eigenvalue weighted by Crippen LogP contribution is -1.94. The zero-order chi connectivity index (χ0) is 14.4. The van der Waals surface area contributed by atoms with Gasteiger partial charge in [-0.25, -0.2) is 0 Å². The predicted molar refractivity (Wildman–Crippen MR) is 101 cm³/mol. The summed E-state index contributed by atoms with van der Waals surface area (Å²) in [6.07, 6.45) is 0. The molecular weight excluding hydrogens is 437 g/mol. The Morgan fingerprint density at radius 2 is 1.33 bits per heavy atom. The van der Waals surface area contributed by atoms with Gasteiger partial charge in [-0.05, 0) is 68.9 Å². The molecule has 4 aromatic rings. The van der Waals surface area contributed by atoms with Crippen molar-refractivity contribution in [2.24, 2.45) is 0 Å². The third kappa shape index (κ3) is 2.10. The van der Waals surface area contributed by atoms with E-state index >= 15 is 0 Å². The Bertz CT molecular complexity index is 918. The van der Waals surface area contributed by atoms with Gasteiger partial charge in [0.05, 0.1) is 11.0 Å². The standard InChI is InChI=1S/C18H11BrIN/c19-15-10-9-12(11-16(15)20)21-17-7-3-1-5-13(17)14-6-2-4-8-18(14)21/h1-11H. The summed E-state index contributed by atoms with van der Waals surface area (Å²) in [7, 11) is 0. The van der Waals surface area contributed by atoms with E-state index in [2.05, 4.69) is 110 Å². The largest absolute Gasteiger partial charge is 0.309 e. The van der Waals surface area contributed by atoms with Gasteiger partial charge in [-0.3, -0.25) is 0 Å². The van der Waals surface area contributed by atoms with Crippen molar-refractivity contribution in [1.82, 2.24) is 4.57 Å². The number of halogens is 2. The van der Waals surface area contributed by atoms with Crippen LogP contribution in [0.15, 0.2) is 71.2 Å². The molecule has 3 aromatic carbocycles. The normalized spacial score (nSPS) is 11.3. The molecule has 0 N–H and O–H groups in total. The number of hydrogen-bond donors (Lipinski definition) is 0. The maximum Gasteiger partial charge on any atom is 0.0541 e. The van der Waals surface area contributed by atoms with Crippen LogP contribution in [0.25, 0.3) is 27.5 Å². The Morgan fingerprint density at radius 1 is 0.762 bits per heavy atom. The lowest BCUT2D eigenvalue weighted by atomic mass is 10.2. The fourth-order valence-electron chi connectivity index (χ4n) is 2.82. The SMILES string of the molecule is Brc1ccc(-n2c3ccccc3c3ccccc32)cc1I. The minimum absolute atomic E-state index is 1.13. The minimum atomic E-state index is 1.13. The van der Waals surface area contributed by atoms with Crippen molar-refractivity contribution in [3.05, 3.63) is 74.8 Å². The van der Waals surface area contributed by atoms with Gasteiger partial charge in [-0.1, -0.05) is 36.4 Å². The maximum absolute atomic E-state index is 3.58. The zero-order valence-electron chi connectivity index (χ0n) is 11.1. The third-order valence-electron chi connectivity index (χ3n) is 3.74. The predicted octanol–water partition coefficient (Wildman–Crippen LogP) is 6.15. The van der Waals surface area contributed by atoms with Crippen molar-refractivity contribution in [3.8, 4) is 5.69 Å². The van der Waals surface area contributed by atoms with E-state index in [1.807, 2.05) is 0 Å². The molecule has 0 saturated heterocycles. The monoisotopic (exact) mass is 447 g/mol. The van der Waals surface area contributed by atoms with Crippen LogP contribution in [-0.2, 0) is 0 Å². The summed E-state index contributed by atoms with van der Waals surface area (Å²) < 4.78 is 4.68. The van der Waals surface area contributed by atoms with Crippen LogP contribution in [0.5, 0.6) is 0 Å². The van der Waals surface area contributed by atoms with Gasteiger partial charge in [0.25, 0.3) is 0 Å². The number of nitrogens with zero attached hydrogens (tertiary/aromatic N) is 1. The summed E-state index contributed by atoms with van der Waals surface area (Å²) >= 11 is 5.94. The molecule has 0 atom stereocenters. The van der Waals surface area contributed by atoms with Crippen LogP contribution >= 0.6 is 38.5 Å². The molecule has 4 rings (SSSR count). The van der Waals surface area contributed by atoms with Gasteiger partial charge in [0, 0.05) is 24.5 Å². The average molecular weight is 448 g/mol. The van der Waals surface area contributed by atoms with Crippen molar-refractivity contribution >= 4 is 60.3 Å². The minimum Gasteiger partial charge on any atom is -0.309 e. The summed E-state index contributed by atoms with van der Waals surface area (Å²) in [4.78, 5) is 0. The molecule has 1 heterocycles. The van der Waals surface area contributed by atoms with Crippen molar-refractivity contribution < 1.29 is 0 Å². The Labute approximate surface area is 144 Å². The van der Waals surface area contributed by atoms with E-state index < -0.39 is 0 Å². The molecule has 1 nitrogen and oxygen atoms in total. The van der Waals surface area contributed by atoms with E-state index in [-0.39, 0.29) is 0 Å². The summed E-state index contributed by atoms with van der Waals surface area (Å²) in [5.41, 5.74) is 3.69. The Kier molecular flexibility index (Phi) is 3.27. The highest BCUT2D eigenvalue weighted by molar-refractivity contribution is 14.1. The molecular formula is C18H11BrIN. The highest BCUT2D eigenvalue weighted by Crippen LogP contribution is 2.32. The van der Waals surface area contributed by atoms with Gasteiger partial charge >= 0.3 is 0 Å². The number of benzene rings is 3. The third-order valence-corrected chi connectivity index (χ3v) is 6.07. The molecule has 0 saturated carbocycles. The summed E-state index contributed by atoms with van der Waals surface area (Å²) in [6, 6.07) is 23.6. The van der Waals surface area contributed by atoms with E-state index in [0.717, 1.165) is 4.47 Å². The molecule has 0 unspecified atom stereocenters. The quantitative estimate of drug-likeness (QED) is 0.308. The number of fused-ring (bicyclic) bond motifs is 3. The van der Waals surface area contributed by atoms with E-state index in [0.29, 0.717) is 0 Å². The second-order valence-electron chi connectivity index (χ2n) is 4.97. The highest BCUT2D eigenvalue weighted by atomic mass is 127. The topological polar surface area (TPSA) is 4.93 Å². The number of aromatic nitrogens is 1. The van der Waals surface area contributed by atoms with Crippen molar-refractivity contribution in [2.45, 2.75) is 0 Å².